The maximum Gasteiger partial charge on any atom is 0.127 e. The Hall–Kier alpha value is -0.640. The Morgan fingerprint density at radius 1 is 1.48 bits per heavy atom. The monoisotopic (exact) mass is 313 g/mol. The molecule has 1 fully saturated rings. The maximum absolute atomic E-state index is 13.6. The normalized spacial score (nSPS) is 19.9. The van der Waals surface area contributed by atoms with E-state index in [4.69, 9.17) is 16.3 Å². The lowest BCUT2D eigenvalue weighted by Gasteiger charge is -2.22. The molecule has 0 aliphatic carbocycles. The Kier molecular flexibility index (Phi) is 6.46. The molecule has 2 unspecified atom stereocenters. The van der Waals surface area contributed by atoms with Gasteiger partial charge in [-0.1, -0.05) is 24.6 Å². The first kappa shape index (κ1) is 16.7. The van der Waals surface area contributed by atoms with Crippen LogP contribution in [0.25, 0.3) is 0 Å². The molecule has 118 valence electrons. The summed E-state index contributed by atoms with van der Waals surface area (Å²) in [6.07, 6.45) is 5.74. The van der Waals surface area contributed by atoms with Crippen molar-refractivity contribution in [2.45, 2.75) is 58.1 Å². The van der Waals surface area contributed by atoms with Crippen LogP contribution in [0.5, 0.6) is 0 Å². The first-order chi connectivity index (χ1) is 10.1. The van der Waals surface area contributed by atoms with Gasteiger partial charge >= 0.3 is 0 Å². The molecule has 1 aromatic rings. The fourth-order valence-corrected chi connectivity index (χ4v) is 3.14. The largest absolute Gasteiger partial charge is 0.378 e. The van der Waals surface area contributed by atoms with Gasteiger partial charge in [-0.15, -0.1) is 0 Å². The van der Waals surface area contributed by atoms with Gasteiger partial charge in [0.25, 0.3) is 0 Å². The Morgan fingerprint density at radius 3 is 2.95 bits per heavy atom. The van der Waals surface area contributed by atoms with Crippen molar-refractivity contribution in [3.63, 3.8) is 0 Å². The molecule has 1 aliphatic heterocycles. The quantitative estimate of drug-likeness (QED) is 0.781. The van der Waals surface area contributed by atoms with Gasteiger partial charge in [0.05, 0.1) is 6.10 Å². The zero-order chi connectivity index (χ0) is 15.2. The van der Waals surface area contributed by atoms with Crippen LogP contribution in [-0.2, 0) is 4.74 Å². The van der Waals surface area contributed by atoms with Gasteiger partial charge in [0.15, 0.2) is 0 Å². The molecule has 2 nitrogen and oxygen atoms in total. The van der Waals surface area contributed by atoms with E-state index in [1.54, 1.807) is 6.92 Å². The second-order valence-corrected chi connectivity index (χ2v) is 6.25. The van der Waals surface area contributed by atoms with E-state index in [9.17, 15) is 4.39 Å². The Morgan fingerprint density at radius 2 is 2.29 bits per heavy atom. The lowest BCUT2D eigenvalue weighted by atomic mass is 9.97. The van der Waals surface area contributed by atoms with Crippen molar-refractivity contribution in [3.05, 3.63) is 34.1 Å². The van der Waals surface area contributed by atoms with Crippen molar-refractivity contribution in [3.8, 4) is 0 Å². The molecule has 0 radical (unpaired) electrons. The van der Waals surface area contributed by atoms with Crippen LogP contribution in [0.3, 0.4) is 0 Å². The zero-order valence-electron chi connectivity index (χ0n) is 12.9. The highest BCUT2D eigenvalue weighted by Gasteiger charge is 2.20. The fraction of sp³-hybridized carbons (Fsp3) is 0.647. The summed E-state index contributed by atoms with van der Waals surface area (Å²) >= 11 is 6.26. The maximum atomic E-state index is 13.6. The van der Waals surface area contributed by atoms with E-state index in [2.05, 4.69) is 12.2 Å². The molecular formula is C17H25ClFNO. The zero-order valence-corrected chi connectivity index (χ0v) is 13.7. The minimum atomic E-state index is -0.239. The minimum absolute atomic E-state index is 0.168. The number of benzene rings is 1. The summed E-state index contributed by atoms with van der Waals surface area (Å²) in [5.74, 6) is -0.239. The summed E-state index contributed by atoms with van der Waals surface area (Å²) in [7, 11) is 0. The summed E-state index contributed by atoms with van der Waals surface area (Å²) < 4.78 is 19.3. The van der Waals surface area contributed by atoms with Gasteiger partial charge < -0.3 is 10.1 Å². The molecule has 4 heteroatoms. The summed E-state index contributed by atoms with van der Waals surface area (Å²) in [6, 6.07) is 3.47. The first-order valence-electron chi connectivity index (χ1n) is 7.92. The molecule has 1 N–H and O–H groups in total. The third kappa shape index (κ3) is 4.67. The number of hydrogen-bond acceptors (Lipinski definition) is 2. The molecule has 1 aliphatic rings. The predicted octanol–water partition coefficient (Wildman–Crippen LogP) is 4.79. The first-order valence-corrected chi connectivity index (χ1v) is 8.30. The smallest absolute Gasteiger partial charge is 0.127 e. The highest BCUT2D eigenvalue weighted by atomic mass is 35.5. The van der Waals surface area contributed by atoms with Gasteiger partial charge in [0.2, 0.25) is 0 Å². The number of nitrogens with one attached hydrogen (secondary N) is 1. The van der Waals surface area contributed by atoms with E-state index in [0.717, 1.165) is 50.8 Å². The topological polar surface area (TPSA) is 21.3 Å². The van der Waals surface area contributed by atoms with E-state index in [1.807, 2.05) is 6.07 Å². The summed E-state index contributed by atoms with van der Waals surface area (Å²) in [6.45, 7) is 5.74. The third-order valence-corrected chi connectivity index (χ3v) is 4.42. The Balaban J connectivity index is 2.08. The molecule has 1 saturated heterocycles. The van der Waals surface area contributed by atoms with Crippen LogP contribution >= 0.6 is 11.6 Å². The highest BCUT2D eigenvalue weighted by molar-refractivity contribution is 6.31. The standard InChI is InChI=1S/C17H25ClFNO/c1-3-8-20-17(7-6-13-5-4-9-21-13)14-10-12(2)16(19)11-15(14)18/h10-11,13,17,20H,3-9H2,1-2H3. The number of rotatable bonds is 7. The average molecular weight is 314 g/mol. The summed E-state index contributed by atoms with van der Waals surface area (Å²) in [4.78, 5) is 0. The van der Waals surface area contributed by atoms with Gasteiger partial charge in [-0.2, -0.15) is 0 Å². The van der Waals surface area contributed by atoms with Crippen LogP contribution in [0.4, 0.5) is 4.39 Å². The molecule has 1 heterocycles. The van der Waals surface area contributed by atoms with Crippen LogP contribution in [-0.4, -0.2) is 19.3 Å². The van der Waals surface area contributed by atoms with Crippen LogP contribution in [0.15, 0.2) is 12.1 Å². The van der Waals surface area contributed by atoms with Crippen LogP contribution in [0.2, 0.25) is 5.02 Å². The average Bonchev–Trinajstić information content (AvgIpc) is 2.97. The van der Waals surface area contributed by atoms with Gasteiger partial charge in [0, 0.05) is 17.7 Å². The molecule has 2 rings (SSSR count). The molecule has 0 saturated carbocycles. The Bertz CT molecular complexity index is 460. The van der Waals surface area contributed by atoms with Gasteiger partial charge in [-0.25, -0.2) is 4.39 Å². The van der Waals surface area contributed by atoms with E-state index in [-0.39, 0.29) is 11.9 Å². The van der Waals surface area contributed by atoms with Crippen LogP contribution in [0, 0.1) is 12.7 Å². The molecule has 21 heavy (non-hydrogen) atoms. The second kappa shape index (κ2) is 8.11. The Labute approximate surface area is 132 Å². The van der Waals surface area contributed by atoms with E-state index < -0.39 is 0 Å². The third-order valence-electron chi connectivity index (χ3n) is 4.10. The minimum Gasteiger partial charge on any atom is -0.378 e. The molecular weight excluding hydrogens is 289 g/mol. The van der Waals surface area contributed by atoms with Crippen molar-refractivity contribution in [1.29, 1.82) is 0 Å². The van der Waals surface area contributed by atoms with Crippen molar-refractivity contribution in [1.82, 2.24) is 5.32 Å². The lowest BCUT2D eigenvalue weighted by molar-refractivity contribution is 0.0996. The fourth-order valence-electron chi connectivity index (χ4n) is 2.86. The van der Waals surface area contributed by atoms with Crippen LogP contribution in [0.1, 0.15) is 56.2 Å². The van der Waals surface area contributed by atoms with Crippen molar-refractivity contribution in [2.24, 2.45) is 0 Å². The van der Waals surface area contributed by atoms with Crippen molar-refractivity contribution < 1.29 is 9.13 Å². The van der Waals surface area contributed by atoms with E-state index in [0.29, 0.717) is 16.7 Å². The SMILES string of the molecule is CCCNC(CCC1CCCO1)c1cc(C)c(F)cc1Cl. The highest BCUT2D eigenvalue weighted by Crippen LogP contribution is 2.30. The van der Waals surface area contributed by atoms with Gasteiger partial charge in [0.1, 0.15) is 5.82 Å². The van der Waals surface area contributed by atoms with E-state index in [1.165, 1.54) is 6.07 Å². The molecule has 1 aromatic carbocycles. The molecule has 0 bridgehead atoms. The molecule has 2 atom stereocenters. The second-order valence-electron chi connectivity index (χ2n) is 5.84. The number of ether oxygens (including phenoxy) is 1. The number of aryl methyl sites for hydroxylation is 1. The number of hydrogen-bond donors (Lipinski definition) is 1. The van der Waals surface area contributed by atoms with Gasteiger partial charge in [-0.3, -0.25) is 0 Å². The lowest BCUT2D eigenvalue weighted by Crippen LogP contribution is -2.24. The molecule has 0 amide bonds. The molecule has 0 spiro atoms. The number of halogens is 2. The van der Waals surface area contributed by atoms with Crippen molar-refractivity contribution >= 4 is 11.6 Å². The molecule has 0 aromatic heterocycles. The van der Waals surface area contributed by atoms with E-state index >= 15 is 0 Å². The van der Waals surface area contributed by atoms with Gasteiger partial charge in [-0.05, 0) is 62.8 Å². The predicted molar refractivity (Wildman–Crippen MR) is 85.4 cm³/mol. The van der Waals surface area contributed by atoms with Crippen molar-refractivity contribution in [2.75, 3.05) is 13.2 Å². The summed E-state index contributed by atoms with van der Waals surface area (Å²) in [5.41, 5.74) is 1.65. The summed E-state index contributed by atoms with van der Waals surface area (Å²) in [5, 5.41) is 4.05. The van der Waals surface area contributed by atoms with Crippen LogP contribution < -0.4 is 5.32 Å².